The summed E-state index contributed by atoms with van der Waals surface area (Å²) < 4.78 is 14.3. The van der Waals surface area contributed by atoms with Crippen molar-refractivity contribution in [2.75, 3.05) is 10.7 Å². The van der Waals surface area contributed by atoms with Crippen LogP contribution in [0, 0.1) is 3.57 Å². The first-order chi connectivity index (χ1) is 19.3. The monoisotopic (exact) mass is 1030 g/mol. The number of benzene rings is 2. The Balaban J connectivity index is 1.19. The van der Waals surface area contributed by atoms with Crippen LogP contribution in [-0.2, 0) is 13.8 Å². The summed E-state index contributed by atoms with van der Waals surface area (Å²) in [4.78, 5) is 18.1. The number of nitrogens with one attached hydrogen (secondary N) is 3. The Kier molecular flexibility index (Phi) is 10.1. The second-order valence-corrected chi connectivity index (χ2v) is 26.9. The molecule has 7 nitrogen and oxygen atoms in total. The molecule has 0 saturated heterocycles. The third kappa shape index (κ3) is 8.22. The molecular formula is C29H23FIN7Tl2. The normalized spacial score (nSPS) is 11.2. The van der Waals surface area contributed by atoms with Crippen molar-refractivity contribution in [1.29, 1.82) is 0 Å². The molecule has 3 N–H and O–H groups in total. The topological polar surface area (TPSA) is 87.6 Å². The molecular weight excluding hydrogens is 1000 g/mol. The number of hydrogen-bond donors (Lipinski definition) is 3. The first kappa shape index (κ1) is 29.4. The number of aromatic nitrogens is 4. The van der Waals surface area contributed by atoms with Gasteiger partial charge in [0.15, 0.2) is 0 Å². The number of alkyl halides is 1. The van der Waals surface area contributed by atoms with Gasteiger partial charge in [-0.2, -0.15) is 0 Å². The molecule has 11 heteroatoms. The van der Waals surface area contributed by atoms with Crippen LogP contribution in [0.1, 0.15) is 22.4 Å². The number of nitrogens with zero attached hydrogens (tertiary/aromatic N) is 4. The average molecular weight is 1020 g/mol. The molecule has 3 aromatic heterocycles. The second kappa shape index (κ2) is 13.7. The van der Waals surface area contributed by atoms with Crippen molar-refractivity contribution in [2.45, 2.75) is 13.8 Å². The van der Waals surface area contributed by atoms with Gasteiger partial charge in [-0.1, -0.05) is 30.3 Å². The number of hydrazine groups is 1. The van der Waals surface area contributed by atoms with Gasteiger partial charge in [-0.05, 0) is 46.2 Å². The van der Waals surface area contributed by atoms with Gasteiger partial charge in [-0.25, -0.2) is 9.97 Å². The summed E-state index contributed by atoms with van der Waals surface area (Å²) in [6.45, 7) is 0.474. The molecule has 0 radical (unpaired) electrons. The molecule has 5 rings (SSSR count). The van der Waals surface area contributed by atoms with E-state index in [2.05, 4.69) is 71.9 Å². The van der Waals surface area contributed by atoms with Gasteiger partial charge in [0.2, 0.25) is 5.95 Å². The molecule has 2 aromatic carbocycles. The fraction of sp³-hybridized carbons (Fsp3) is 0.103. The minimum absolute atomic E-state index is 0.282. The van der Waals surface area contributed by atoms with Crippen molar-refractivity contribution in [3.8, 4) is 11.3 Å². The third-order valence-corrected chi connectivity index (χ3v) is 9.33. The van der Waals surface area contributed by atoms with E-state index in [4.69, 9.17) is 4.98 Å². The van der Waals surface area contributed by atoms with Crippen molar-refractivity contribution >= 4 is 91.4 Å². The quantitative estimate of drug-likeness (QED) is 0.0982. The van der Waals surface area contributed by atoms with Crippen LogP contribution in [-0.4, -0.2) is 71.5 Å². The van der Waals surface area contributed by atoms with E-state index in [1.165, 1.54) is 5.56 Å². The van der Waals surface area contributed by atoms with Crippen molar-refractivity contribution < 1.29 is 4.39 Å². The van der Waals surface area contributed by atoms with E-state index < -0.39 is 0.787 Å². The Morgan fingerprint density at radius 1 is 0.825 bits per heavy atom. The van der Waals surface area contributed by atoms with Crippen LogP contribution in [0.4, 0.5) is 21.7 Å². The van der Waals surface area contributed by atoms with Crippen LogP contribution >= 0.6 is 22.6 Å². The van der Waals surface area contributed by atoms with Gasteiger partial charge in [0.1, 0.15) is 0 Å². The van der Waals surface area contributed by atoms with Gasteiger partial charge in [-0.15, -0.1) is 0 Å². The Hall–Kier alpha value is -2.12. The molecule has 0 fully saturated rings. The van der Waals surface area contributed by atoms with Crippen molar-refractivity contribution in [3.05, 3.63) is 124 Å². The summed E-state index contributed by atoms with van der Waals surface area (Å²) in [5, 5.41) is 3.32. The van der Waals surface area contributed by atoms with Gasteiger partial charge >= 0.3 is 150 Å². The summed E-state index contributed by atoms with van der Waals surface area (Å²) in [6, 6.07) is 24.0. The second-order valence-electron chi connectivity index (χ2n) is 9.13. The molecule has 3 heterocycles. The third-order valence-electron chi connectivity index (χ3n) is 5.95. The van der Waals surface area contributed by atoms with E-state index in [0.717, 1.165) is 49.4 Å². The predicted octanol–water partition coefficient (Wildman–Crippen LogP) is 5.41. The number of hydrogen-bond acceptors (Lipinski definition) is 7. The summed E-state index contributed by atoms with van der Waals surface area (Å²) in [6.07, 6.45) is 8.09. The molecule has 5 aromatic rings. The minimum atomic E-state index is -1.07. The maximum atomic E-state index is 14.4. The fourth-order valence-electron chi connectivity index (χ4n) is 3.99. The molecule has 0 amide bonds. The summed E-state index contributed by atoms with van der Waals surface area (Å²) >= 11 is 2.81. The molecule has 0 aliphatic rings. The Morgan fingerprint density at radius 3 is 2.45 bits per heavy atom. The van der Waals surface area contributed by atoms with Crippen LogP contribution in [0.15, 0.2) is 97.6 Å². The Bertz CT molecular complexity index is 1580. The number of rotatable bonds is 10. The molecule has 0 spiro atoms. The molecule has 0 atom stereocenters. The van der Waals surface area contributed by atoms with Crippen molar-refractivity contribution in [2.24, 2.45) is 0 Å². The zero-order valence-electron chi connectivity index (χ0n) is 21.4. The predicted molar refractivity (Wildman–Crippen MR) is 166 cm³/mol. The van der Waals surface area contributed by atoms with Crippen LogP contribution in [0.25, 0.3) is 11.3 Å². The Labute approximate surface area is 277 Å². The first-order valence-electron chi connectivity index (χ1n) is 12.4. The van der Waals surface area contributed by atoms with Crippen LogP contribution < -0.4 is 16.2 Å². The molecule has 0 aliphatic heterocycles. The van der Waals surface area contributed by atoms with Gasteiger partial charge in [0.05, 0.1) is 9.26 Å². The van der Waals surface area contributed by atoms with Gasteiger partial charge < -0.3 is 0 Å². The average Bonchev–Trinajstić information content (AvgIpc) is 2.95. The molecule has 194 valence electrons. The van der Waals surface area contributed by atoms with Crippen molar-refractivity contribution in [1.82, 2.24) is 25.4 Å². The van der Waals surface area contributed by atoms with E-state index >= 15 is 0 Å². The summed E-state index contributed by atoms with van der Waals surface area (Å²) in [5.41, 5.74) is 13.7. The summed E-state index contributed by atoms with van der Waals surface area (Å²) in [5.74, 6) is 0.463. The van der Waals surface area contributed by atoms with E-state index in [0.29, 0.717) is 12.5 Å². The summed E-state index contributed by atoms with van der Waals surface area (Å²) in [7, 11) is 0. The van der Waals surface area contributed by atoms with Gasteiger partial charge in [-0.3, -0.25) is 4.98 Å². The van der Waals surface area contributed by atoms with E-state index in [-0.39, 0.29) is 51.5 Å². The number of anilines is 3. The standard InChI is InChI=1S/C29H23FIN7.2Tl/c30-14-21-7-4-8-24(13-21)36-26-10-9-25(33-17-26)18-35-38-29-34-19-27(31)28(37-29)23-12-22(15-32-16-23)11-20-5-2-1-3-6-20;;/h1-10,12-13,15-17,19,35-36H,11,18H2,(H,34,37,38);;. The first-order valence-corrected chi connectivity index (χ1v) is 18.0. The molecule has 0 aliphatic carbocycles. The Morgan fingerprint density at radius 2 is 1.68 bits per heavy atom. The number of pyridine rings is 2. The molecule has 40 heavy (non-hydrogen) atoms. The SMILES string of the molecule is F[C]([Tl])([Tl])c1cccc(Nc2ccc(CNNc3ncc(I)c(-c4cncc(Cc5ccccc5)c4)n3)nc2)c1. The van der Waals surface area contributed by atoms with Crippen molar-refractivity contribution in [3.63, 3.8) is 0 Å². The zero-order chi connectivity index (χ0) is 28.0. The van der Waals surface area contributed by atoms with Crippen LogP contribution in [0.2, 0.25) is 0 Å². The van der Waals surface area contributed by atoms with E-state index in [1.807, 2.05) is 67.0 Å². The fourth-order valence-corrected chi connectivity index (χ4v) is 5.96. The van der Waals surface area contributed by atoms with Crippen LogP contribution in [0.3, 0.4) is 0 Å². The number of halogens is 2. The van der Waals surface area contributed by atoms with Crippen LogP contribution in [0.5, 0.6) is 0 Å². The van der Waals surface area contributed by atoms with E-state index in [9.17, 15) is 4.39 Å². The molecule has 0 bridgehead atoms. The van der Waals surface area contributed by atoms with Gasteiger partial charge in [0.25, 0.3) is 0 Å². The van der Waals surface area contributed by atoms with Gasteiger partial charge in [0, 0.05) is 24.2 Å². The maximum absolute atomic E-state index is 14.4. The molecule has 0 unspecified atom stereocenters. The molecule has 0 saturated carbocycles. The van der Waals surface area contributed by atoms with E-state index in [1.54, 1.807) is 12.4 Å². The zero-order valence-corrected chi connectivity index (χ0v) is 32.5.